The summed E-state index contributed by atoms with van der Waals surface area (Å²) in [6, 6.07) is 12.1. The van der Waals surface area contributed by atoms with Crippen molar-refractivity contribution in [2.24, 2.45) is 5.73 Å². The van der Waals surface area contributed by atoms with Gasteiger partial charge in [0.2, 0.25) is 5.91 Å². The van der Waals surface area contributed by atoms with E-state index in [0.717, 1.165) is 29.5 Å². The Balaban J connectivity index is 0.00000132. The van der Waals surface area contributed by atoms with Crippen LogP contribution in [0, 0.1) is 0 Å². The number of nitrogens with two attached hydrogens (primary N) is 1. The first-order valence-electron chi connectivity index (χ1n) is 7.19. The Kier molecular flexibility index (Phi) is 6.57. The lowest BCUT2D eigenvalue weighted by Gasteiger charge is -2.17. The highest BCUT2D eigenvalue weighted by Gasteiger charge is 2.46. The molecule has 1 fully saturated rings. The van der Waals surface area contributed by atoms with Crippen LogP contribution >= 0.6 is 24.8 Å². The summed E-state index contributed by atoms with van der Waals surface area (Å²) in [6.45, 7) is 1.98. The van der Waals surface area contributed by atoms with Crippen LogP contribution in [0.15, 0.2) is 48.8 Å². The van der Waals surface area contributed by atoms with Gasteiger partial charge in [0.25, 0.3) is 0 Å². The molecule has 0 aliphatic heterocycles. The topological polar surface area (TPSA) is 68.0 Å². The van der Waals surface area contributed by atoms with Gasteiger partial charge in [0, 0.05) is 12.4 Å². The summed E-state index contributed by atoms with van der Waals surface area (Å²) in [4.78, 5) is 16.0. The summed E-state index contributed by atoms with van der Waals surface area (Å²) in [5.41, 5.74) is 8.62. The molecule has 1 aromatic carbocycles. The summed E-state index contributed by atoms with van der Waals surface area (Å²) in [6.07, 6.45) is 5.13. The number of amides is 1. The molecule has 2 aromatic rings. The standard InChI is InChI=1S/C17H19N3O.2ClH/c1-12(20-16(21)17(18)8-9-17)13-2-4-14(5-3-13)15-6-10-19-11-7-15;;/h2-7,10-12H,8-9,18H2,1H3,(H,20,21);2*1H. The molecular weight excluding hydrogens is 333 g/mol. The molecule has 0 spiro atoms. The minimum absolute atomic E-state index is 0. The molecular formula is C17H21Cl2N3O. The van der Waals surface area contributed by atoms with E-state index in [9.17, 15) is 4.79 Å². The largest absolute Gasteiger partial charge is 0.348 e. The van der Waals surface area contributed by atoms with Crippen LogP contribution in [0.2, 0.25) is 0 Å². The van der Waals surface area contributed by atoms with Crippen molar-refractivity contribution in [3.8, 4) is 11.1 Å². The van der Waals surface area contributed by atoms with Gasteiger partial charge in [-0.1, -0.05) is 24.3 Å². The average molecular weight is 354 g/mol. The minimum Gasteiger partial charge on any atom is -0.348 e. The van der Waals surface area contributed by atoms with Crippen LogP contribution in [0.3, 0.4) is 0 Å². The normalized spacial score (nSPS) is 15.6. The van der Waals surface area contributed by atoms with Crippen molar-refractivity contribution in [2.75, 3.05) is 0 Å². The Morgan fingerprint density at radius 3 is 2.13 bits per heavy atom. The summed E-state index contributed by atoms with van der Waals surface area (Å²) in [7, 11) is 0. The molecule has 1 heterocycles. The number of nitrogens with one attached hydrogen (secondary N) is 1. The lowest BCUT2D eigenvalue weighted by molar-refractivity contribution is -0.123. The zero-order valence-corrected chi connectivity index (χ0v) is 14.5. The smallest absolute Gasteiger partial charge is 0.240 e. The molecule has 3 N–H and O–H groups in total. The van der Waals surface area contributed by atoms with Gasteiger partial charge in [-0.3, -0.25) is 9.78 Å². The molecule has 1 amide bonds. The first-order chi connectivity index (χ1) is 10.1. The Hall–Kier alpha value is -1.62. The minimum atomic E-state index is -0.620. The van der Waals surface area contributed by atoms with Gasteiger partial charge in [-0.25, -0.2) is 0 Å². The maximum Gasteiger partial charge on any atom is 0.240 e. The van der Waals surface area contributed by atoms with Gasteiger partial charge < -0.3 is 11.1 Å². The number of rotatable bonds is 4. The second-order valence-corrected chi connectivity index (χ2v) is 5.71. The molecule has 3 rings (SSSR count). The fourth-order valence-electron chi connectivity index (χ4n) is 2.29. The highest BCUT2D eigenvalue weighted by molar-refractivity contribution is 5.89. The van der Waals surface area contributed by atoms with Crippen molar-refractivity contribution in [3.05, 3.63) is 54.4 Å². The van der Waals surface area contributed by atoms with Crippen LogP contribution in [-0.2, 0) is 4.79 Å². The highest BCUT2D eigenvalue weighted by Crippen LogP contribution is 2.33. The highest BCUT2D eigenvalue weighted by atomic mass is 35.5. The quantitative estimate of drug-likeness (QED) is 0.886. The van der Waals surface area contributed by atoms with E-state index < -0.39 is 5.54 Å². The van der Waals surface area contributed by atoms with E-state index in [-0.39, 0.29) is 36.8 Å². The molecule has 1 atom stereocenters. The molecule has 0 bridgehead atoms. The number of hydrogen-bond donors (Lipinski definition) is 2. The summed E-state index contributed by atoms with van der Waals surface area (Å²) in [5.74, 6) is -0.0480. The van der Waals surface area contributed by atoms with E-state index in [1.54, 1.807) is 12.4 Å². The van der Waals surface area contributed by atoms with Gasteiger partial charge in [-0.15, -0.1) is 24.8 Å². The maximum atomic E-state index is 12.0. The lowest BCUT2D eigenvalue weighted by atomic mass is 10.0. The van der Waals surface area contributed by atoms with Crippen LogP contribution < -0.4 is 11.1 Å². The molecule has 0 saturated heterocycles. The number of pyridine rings is 1. The SMILES string of the molecule is CC(NC(=O)C1(N)CC1)c1ccc(-c2ccncc2)cc1.Cl.Cl. The van der Waals surface area contributed by atoms with E-state index in [1.807, 2.05) is 31.2 Å². The number of nitrogens with zero attached hydrogens (tertiary/aromatic N) is 1. The zero-order chi connectivity index (χ0) is 14.9. The van der Waals surface area contributed by atoms with Crippen LogP contribution in [0.25, 0.3) is 11.1 Å². The Morgan fingerprint density at radius 1 is 1.09 bits per heavy atom. The third-order valence-corrected chi connectivity index (χ3v) is 4.01. The first-order valence-corrected chi connectivity index (χ1v) is 7.19. The monoisotopic (exact) mass is 353 g/mol. The number of aromatic nitrogens is 1. The Morgan fingerprint density at radius 2 is 1.61 bits per heavy atom. The fourth-order valence-corrected chi connectivity index (χ4v) is 2.29. The molecule has 124 valence electrons. The maximum absolute atomic E-state index is 12.0. The van der Waals surface area contributed by atoms with Gasteiger partial charge in [-0.05, 0) is 48.6 Å². The molecule has 4 nitrogen and oxygen atoms in total. The van der Waals surface area contributed by atoms with Crippen molar-refractivity contribution >= 4 is 30.7 Å². The van der Waals surface area contributed by atoms with E-state index in [0.29, 0.717) is 0 Å². The van der Waals surface area contributed by atoms with Crippen LogP contribution in [-0.4, -0.2) is 16.4 Å². The van der Waals surface area contributed by atoms with Crippen molar-refractivity contribution in [2.45, 2.75) is 31.3 Å². The average Bonchev–Trinajstić information content (AvgIpc) is 3.27. The predicted molar refractivity (Wildman–Crippen MR) is 96.9 cm³/mol. The van der Waals surface area contributed by atoms with Gasteiger partial charge >= 0.3 is 0 Å². The van der Waals surface area contributed by atoms with Crippen molar-refractivity contribution in [1.82, 2.24) is 10.3 Å². The van der Waals surface area contributed by atoms with Gasteiger partial charge in [0.15, 0.2) is 0 Å². The number of carbonyl (C=O) groups excluding carboxylic acids is 1. The number of hydrogen-bond acceptors (Lipinski definition) is 3. The van der Waals surface area contributed by atoms with Gasteiger partial charge in [0.05, 0.1) is 11.6 Å². The lowest BCUT2D eigenvalue weighted by Crippen LogP contribution is -2.43. The molecule has 23 heavy (non-hydrogen) atoms. The van der Waals surface area contributed by atoms with E-state index in [1.165, 1.54) is 0 Å². The van der Waals surface area contributed by atoms with E-state index >= 15 is 0 Å². The second kappa shape index (κ2) is 7.77. The third kappa shape index (κ3) is 4.44. The number of carbonyl (C=O) groups is 1. The number of benzene rings is 1. The predicted octanol–water partition coefficient (Wildman–Crippen LogP) is 3.26. The van der Waals surface area contributed by atoms with Crippen LogP contribution in [0.5, 0.6) is 0 Å². The van der Waals surface area contributed by atoms with Crippen molar-refractivity contribution in [3.63, 3.8) is 0 Å². The molecule has 1 aromatic heterocycles. The van der Waals surface area contributed by atoms with E-state index in [2.05, 4.69) is 22.4 Å². The second-order valence-electron chi connectivity index (χ2n) is 5.71. The third-order valence-electron chi connectivity index (χ3n) is 4.01. The van der Waals surface area contributed by atoms with Crippen LogP contribution in [0.4, 0.5) is 0 Å². The fraction of sp³-hybridized carbons (Fsp3) is 0.294. The van der Waals surface area contributed by atoms with Crippen molar-refractivity contribution in [1.29, 1.82) is 0 Å². The van der Waals surface area contributed by atoms with E-state index in [4.69, 9.17) is 5.73 Å². The van der Waals surface area contributed by atoms with Crippen LogP contribution in [0.1, 0.15) is 31.4 Å². The van der Waals surface area contributed by atoms with Gasteiger partial charge in [0.1, 0.15) is 0 Å². The number of halogens is 2. The first kappa shape index (κ1) is 19.4. The molecule has 1 saturated carbocycles. The zero-order valence-electron chi connectivity index (χ0n) is 12.9. The summed E-state index contributed by atoms with van der Waals surface area (Å²) >= 11 is 0. The Bertz CT molecular complexity index is 643. The summed E-state index contributed by atoms with van der Waals surface area (Å²) in [5, 5.41) is 2.98. The molecule has 6 heteroatoms. The molecule has 1 aliphatic carbocycles. The summed E-state index contributed by atoms with van der Waals surface area (Å²) < 4.78 is 0. The molecule has 0 radical (unpaired) electrons. The Labute approximate surface area is 148 Å². The van der Waals surface area contributed by atoms with Gasteiger partial charge in [-0.2, -0.15) is 0 Å². The molecule has 1 unspecified atom stereocenters. The molecule has 1 aliphatic rings. The van der Waals surface area contributed by atoms with Crippen molar-refractivity contribution < 1.29 is 4.79 Å².